The van der Waals surface area contributed by atoms with E-state index < -0.39 is 0 Å². The third kappa shape index (κ3) is 5.75. The zero-order valence-corrected chi connectivity index (χ0v) is 9.38. The lowest BCUT2D eigenvalue weighted by molar-refractivity contribution is -0.129. The van der Waals surface area contributed by atoms with Crippen LogP contribution in [-0.4, -0.2) is 24.0 Å². The van der Waals surface area contributed by atoms with Crippen molar-refractivity contribution in [1.82, 2.24) is 10.4 Å². The van der Waals surface area contributed by atoms with Gasteiger partial charge in [0.15, 0.2) is 0 Å². The van der Waals surface area contributed by atoms with Gasteiger partial charge in [-0.3, -0.25) is 9.80 Å². The fourth-order valence-electron chi connectivity index (χ4n) is 1.08. The van der Waals surface area contributed by atoms with Crippen LogP contribution in [0.25, 0.3) is 0 Å². The van der Waals surface area contributed by atoms with Gasteiger partial charge in [-0.25, -0.2) is 5.43 Å². The van der Waals surface area contributed by atoms with E-state index in [9.17, 15) is 4.79 Å². The molecular formula is C11H22N2O. The minimum absolute atomic E-state index is 0.0328. The Balaban J connectivity index is 3.84. The summed E-state index contributed by atoms with van der Waals surface area (Å²) in [5, 5.41) is 1.66. The van der Waals surface area contributed by atoms with Gasteiger partial charge in [0.05, 0.1) is 0 Å². The first-order valence-corrected chi connectivity index (χ1v) is 5.43. The van der Waals surface area contributed by atoms with E-state index in [1.165, 1.54) is 6.08 Å². The highest BCUT2D eigenvalue weighted by Gasteiger charge is 2.07. The maximum absolute atomic E-state index is 11.4. The second-order valence-electron chi connectivity index (χ2n) is 3.31. The highest BCUT2D eigenvalue weighted by atomic mass is 16.2. The normalized spacial score (nSPS) is 9.86. The predicted molar refractivity (Wildman–Crippen MR) is 59.7 cm³/mol. The molecule has 0 aromatic rings. The number of hydrazine groups is 1. The molecule has 0 spiro atoms. The van der Waals surface area contributed by atoms with Crippen molar-refractivity contribution < 1.29 is 4.79 Å². The maximum Gasteiger partial charge on any atom is 0.260 e. The maximum atomic E-state index is 11.4. The SMILES string of the molecule is C=CC(=O)N(CCCC)NCCCC. The highest BCUT2D eigenvalue weighted by molar-refractivity contribution is 5.86. The van der Waals surface area contributed by atoms with E-state index in [-0.39, 0.29) is 5.91 Å². The van der Waals surface area contributed by atoms with Crippen LogP contribution in [0.1, 0.15) is 39.5 Å². The third-order valence-corrected chi connectivity index (χ3v) is 2.01. The van der Waals surface area contributed by atoms with Gasteiger partial charge in [-0.2, -0.15) is 0 Å². The number of rotatable bonds is 8. The zero-order chi connectivity index (χ0) is 10.8. The lowest BCUT2D eigenvalue weighted by Crippen LogP contribution is -2.43. The summed E-state index contributed by atoms with van der Waals surface area (Å²) >= 11 is 0. The molecule has 0 rings (SSSR count). The smallest absolute Gasteiger partial charge is 0.260 e. The molecule has 0 atom stereocenters. The first kappa shape index (κ1) is 13.2. The van der Waals surface area contributed by atoms with Crippen LogP contribution in [0.2, 0.25) is 0 Å². The standard InChI is InChI=1S/C11H22N2O/c1-4-7-9-12-13(10-8-5-2)11(14)6-3/h6,12H,3-5,7-10H2,1-2H3. The first-order valence-electron chi connectivity index (χ1n) is 5.43. The van der Waals surface area contributed by atoms with E-state index in [0.29, 0.717) is 0 Å². The van der Waals surface area contributed by atoms with Crippen LogP contribution in [0, 0.1) is 0 Å². The molecule has 0 aliphatic carbocycles. The molecule has 0 fully saturated rings. The number of hydrogen-bond donors (Lipinski definition) is 1. The van der Waals surface area contributed by atoms with Crippen LogP contribution in [-0.2, 0) is 4.79 Å². The van der Waals surface area contributed by atoms with Crippen LogP contribution in [0.3, 0.4) is 0 Å². The van der Waals surface area contributed by atoms with E-state index in [1.807, 2.05) is 0 Å². The fourth-order valence-corrected chi connectivity index (χ4v) is 1.08. The Morgan fingerprint density at radius 1 is 1.36 bits per heavy atom. The Bertz CT molecular complexity index is 169. The average molecular weight is 198 g/mol. The van der Waals surface area contributed by atoms with Crippen LogP contribution in [0.4, 0.5) is 0 Å². The summed E-state index contributed by atoms with van der Waals surface area (Å²) in [6.07, 6.45) is 5.70. The summed E-state index contributed by atoms with van der Waals surface area (Å²) in [6, 6.07) is 0. The number of unbranched alkanes of at least 4 members (excludes halogenated alkanes) is 2. The molecule has 0 aliphatic heterocycles. The van der Waals surface area contributed by atoms with Crippen molar-refractivity contribution in [2.24, 2.45) is 0 Å². The molecule has 0 saturated carbocycles. The molecule has 1 amide bonds. The van der Waals surface area contributed by atoms with Crippen molar-refractivity contribution in [2.45, 2.75) is 39.5 Å². The molecule has 14 heavy (non-hydrogen) atoms. The molecule has 0 radical (unpaired) electrons. The summed E-state index contributed by atoms with van der Waals surface area (Å²) in [4.78, 5) is 11.4. The van der Waals surface area contributed by atoms with Crippen molar-refractivity contribution in [3.05, 3.63) is 12.7 Å². The fraction of sp³-hybridized carbons (Fsp3) is 0.727. The molecule has 3 heteroatoms. The summed E-state index contributed by atoms with van der Waals surface area (Å²) in [5.74, 6) is -0.0328. The Morgan fingerprint density at radius 2 is 2.00 bits per heavy atom. The van der Waals surface area contributed by atoms with Gasteiger partial charge in [0.1, 0.15) is 0 Å². The Labute approximate surface area is 87.1 Å². The van der Waals surface area contributed by atoms with E-state index in [1.54, 1.807) is 5.01 Å². The van der Waals surface area contributed by atoms with Gasteiger partial charge < -0.3 is 0 Å². The second-order valence-corrected chi connectivity index (χ2v) is 3.31. The lowest BCUT2D eigenvalue weighted by atomic mass is 10.3. The minimum Gasteiger partial charge on any atom is -0.274 e. The summed E-state index contributed by atoms with van der Waals surface area (Å²) < 4.78 is 0. The predicted octanol–water partition coefficient (Wildman–Crippen LogP) is 2.11. The molecule has 82 valence electrons. The lowest BCUT2D eigenvalue weighted by Gasteiger charge is -2.21. The van der Waals surface area contributed by atoms with Crippen molar-refractivity contribution in [2.75, 3.05) is 13.1 Å². The Morgan fingerprint density at radius 3 is 2.50 bits per heavy atom. The topological polar surface area (TPSA) is 32.3 Å². The number of nitrogens with zero attached hydrogens (tertiary/aromatic N) is 1. The number of carbonyl (C=O) groups is 1. The van der Waals surface area contributed by atoms with Crippen LogP contribution in [0.15, 0.2) is 12.7 Å². The molecule has 1 N–H and O–H groups in total. The Hall–Kier alpha value is -0.830. The van der Waals surface area contributed by atoms with E-state index in [2.05, 4.69) is 25.9 Å². The number of nitrogens with one attached hydrogen (secondary N) is 1. The molecule has 0 unspecified atom stereocenters. The van der Waals surface area contributed by atoms with Crippen molar-refractivity contribution in [3.63, 3.8) is 0 Å². The van der Waals surface area contributed by atoms with Crippen LogP contribution in [0.5, 0.6) is 0 Å². The van der Waals surface area contributed by atoms with E-state index >= 15 is 0 Å². The van der Waals surface area contributed by atoms with Gasteiger partial charge in [0.2, 0.25) is 0 Å². The van der Waals surface area contributed by atoms with Gasteiger partial charge in [-0.05, 0) is 18.9 Å². The van der Waals surface area contributed by atoms with Crippen molar-refractivity contribution in [3.8, 4) is 0 Å². The average Bonchev–Trinajstić information content (AvgIpc) is 2.22. The largest absolute Gasteiger partial charge is 0.274 e. The van der Waals surface area contributed by atoms with Gasteiger partial charge >= 0.3 is 0 Å². The first-order chi connectivity index (χ1) is 6.76. The minimum atomic E-state index is -0.0328. The van der Waals surface area contributed by atoms with Crippen molar-refractivity contribution >= 4 is 5.91 Å². The molecule has 0 aromatic carbocycles. The van der Waals surface area contributed by atoms with E-state index in [0.717, 1.165) is 38.8 Å². The monoisotopic (exact) mass is 198 g/mol. The molecule has 0 bridgehead atoms. The number of hydrogen-bond acceptors (Lipinski definition) is 2. The summed E-state index contributed by atoms with van der Waals surface area (Å²) in [7, 11) is 0. The molecule has 0 saturated heterocycles. The Kier molecular flexibility index (Phi) is 8.24. The quantitative estimate of drug-likeness (QED) is 0.368. The highest BCUT2D eigenvalue weighted by Crippen LogP contribution is 1.94. The molecular weight excluding hydrogens is 176 g/mol. The zero-order valence-electron chi connectivity index (χ0n) is 9.38. The van der Waals surface area contributed by atoms with Crippen molar-refractivity contribution in [1.29, 1.82) is 0 Å². The van der Waals surface area contributed by atoms with Gasteiger partial charge in [-0.1, -0.05) is 33.3 Å². The number of amides is 1. The molecule has 0 aliphatic rings. The second kappa shape index (κ2) is 8.75. The van der Waals surface area contributed by atoms with Gasteiger partial charge in [-0.15, -0.1) is 0 Å². The van der Waals surface area contributed by atoms with Crippen LogP contribution >= 0.6 is 0 Å². The third-order valence-electron chi connectivity index (χ3n) is 2.01. The van der Waals surface area contributed by atoms with Gasteiger partial charge in [0.25, 0.3) is 5.91 Å². The van der Waals surface area contributed by atoms with Crippen LogP contribution < -0.4 is 5.43 Å². The molecule has 0 heterocycles. The number of carbonyl (C=O) groups excluding carboxylic acids is 1. The molecule has 3 nitrogen and oxygen atoms in total. The molecule has 0 aromatic heterocycles. The van der Waals surface area contributed by atoms with Gasteiger partial charge in [0, 0.05) is 13.1 Å². The van der Waals surface area contributed by atoms with E-state index in [4.69, 9.17) is 0 Å². The summed E-state index contributed by atoms with van der Waals surface area (Å²) in [5.41, 5.74) is 3.12. The summed E-state index contributed by atoms with van der Waals surface area (Å²) in [6.45, 7) is 9.36.